The molecule has 1 aliphatic rings. The summed E-state index contributed by atoms with van der Waals surface area (Å²) >= 11 is 0. The van der Waals surface area contributed by atoms with Crippen molar-refractivity contribution in [2.45, 2.75) is 12.8 Å². The molecule has 3 rings (SSSR count). The predicted molar refractivity (Wildman–Crippen MR) is 96.6 cm³/mol. The third kappa shape index (κ3) is 4.99. The Bertz CT molecular complexity index is 762. The van der Waals surface area contributed by atoms with Crippen LogP contribution in [0.4, 0.5) is 0 Å². The Morgan fingerprint density at radius 3 is 2.85 bits per heavy atom. The predicted octanol–water partition coefficient (Wildman–Crippen LogP) is 1.73. The molecular formula is C19H23N3O5. The standard InChI is InChI=1S/C19H23N3O5/c1-25-16-6-2-3-7-17(16)26-13-18(23)20-11-14-5-4-9-22(12-14)19(24)15-8-10-27-21-15/h2-3,6-8,10,14H,4-5,9,11-13H2,1H3,(H,20,23)/t14-/m0/s1. The number of hydrogen-bond donors (Lipinski definition) is 1. The Balaban J connectivity index is 1.44. The highest BCUT2D eigenvalue weighted by molar-refractivity contribution is 5.92. The molecule has 0 unspecified atom stereocenters. The number of methoxy groups -OCH3 is 1. The van der Waals surface area contributed by atoms with Gasteiger partial charge in [0.15, 0.2) is 23.8 Å². The van der Waals surface area contributed by atoms with Crippen molar-refractivity contribution in [3.05, 3.63) is 42.3 Å². The van der Waals surface area contributed by atoms with Crippen LogP contribution in [0.5, 0.6) is 11.5 Å². The Hall–Kier alpha value is -3.03. The van der Waals surface area contributed by atoms with E-state index in [0.29, 0.717) is 36.8 Å². The van der Waals surface area contributed by atoms with Gasteiger partial charge in [-0.1, -0.05) is 17.3 Å². The van der Waals surface area contributed by atoms with Crippen molar-refractivity contribution >= 4 is 11.8 Å². The van der Waals surface area contributed by atoms with Crippen LogP contribution in [-0.2, 0) is 4.79 Å². The zero-order valence-electron chi connectivity index (χ0n) is 15.2. The number of rotatable bonds is 7. The molecule has 2 aromatic rings. The minimum Gasteiger partial charge on any atom is -0.493 e. The smallest absolute Gasteiger partial charge is 0.276 e. The van der Waals surface area contributed by atoms with E-state index in [9.17, 15) is 9.59 Å². The van der Waals surface area contributed by atoms with Gasteiger partial charge in [-0.25, -0.2) is 0 Å². The molecule has 1 aromatic carbocycles. The van der Waals surface area contributed by atoms with Crippen LogP contribution >= 0.6 is 0 Å². The summed E-state index contributed by atoms with van der Waals surface area (Å²) in [6.45, 7) is 1.68. The van der Waals surface area contributed by atoms with Crippen LogP contribution < -0.4 is 14.8 Å². The third-order valence-corrected chi connectivity index (χ3v) is 4.48. The maximum absolute atomic E-state index is 12.3. The summed E-state index contributed by atoms with van der Waals surface area (Å²) in [5, 5.41) is 6.57. The number of carbonyl (C=O) groups excluding carboxylic acids is 2. The molecule has 0 radical (unpaired) electrons. The zero-order valence-corrected chi connectivity index (χ0v) is 15.2. The Labute approximate surface area is 157 Å². The average molecular weight is 373 g/mol. The van der Waals surface area contributed by atoms with Gasteiger partial charge < -0.3 is 24.2 Å². The van der Waals surface area contributed by atoms with Crippen LogP contribution in [0.15, 0.2) is 41.1 Å². The minimum absolute atomic E-state index is 0.0886. The van der Waals surface area contributed by atoms with Gasteiger partial charge in [-0.15, -0.1) is 0 Å². The molecule has 144 valence electrons. The molecule has 1 aliphatic heterocycles. The number of aromatic nitrogens is 1. The number of para-hydroxylation sites is 2. The van der Waals surface area contributed by atoms with Gasteiger partial charge in [0.25, 0.3) is 11.8 Å². The lowest BCUT2D eigenvalue weighted by molar-refractivity contribution is -0.123. The van der Waals surface area contributed by atoms with E-state index in [1.165, 1.54) is 6.26 Å². The number of ether oxygens (including phenoxy) is 2. The summed E-state index contributed by atoms with van der Waals surface area (Å²) in [6.07, 6.45) is 3.23. The van der Waals surface area contributed by atoms with E-state index < -0.39 is 0 Å². The molecular weight excluding hydrogens is 350 g/mol. The van der Waals surface area contributed by atoms with E-state index in [0.717, 1.165) is 12.8 Å². The number of nitrogens with zero attached hydrogens (tertiary/aromatic N) is 2. The normalized spacial score (nSPS) is 16.6. The molecule has 1 saturated heterocycles. The first-order valence-electron chi connectivity index (χ1n) is 8.89. The van der Waals surface area contributed by atoms with E-state index in [4.69, 9.17) is 14.0 Å². The second-order valence-corrected chi connectivity index (χ2v) is 6.39. The van der Waals surface area contributed by atoms with Crippen LogP contribution in [0.2, 0.25) is 0 Å². The van der Waals surface area contributed by atoms with Crippen molar-refractivity contribution < 1.29 is 23.6 Å². The van der Waals surface area contributed by atoms with Gasteiger partial charge in [0, 0.05) is 25.7 Å². The van der Waals surface area contributed by atoms with Crippen molar-refractivity contribution in [1.29, 1.82) is 0 Å². The topological polar surface area (TPSA) is 93.9 Å². The number of nitrogens with one attached hydrogen (secondary N) is 1. The largest absolute Gasteiger partial charge is 0.493 e. The first kappa shape index (κ1) is 18.8. The number of amides is 2. The molecule has 2 heterocycles. The molecule has 1 N–H and O–H groups in total. The van der Waals surface area contributed by atoms with Crippen molar-refractivity contribution in [3.63, 3.8) is 0 Å². The molecule has 2 amide bonds. The van der Waals surface area contributed by atoms with Gasteiger partial charge >= 0.3 is 0 Å². The van der Waals surface area contributed by atoms with Crippen molar-refractivity contribution in [1.82, 2.24) is 15.4 Å². The monoisotopic (exact) mass is 373 g/mol. The van der Waals surface area contributed by atoms with Crippen LogP contribution in [0.1, 0.15) is 23.3 Å². The Morgan fingerprint density at radius 1 is 1.30 bits per heavy atom. The molecule has 8 heteroatoms. The first-order chi connectivity index (χ1) is 13.2. The third-order valence-electron chi connectivity index (χ3n) is 4.48. The summed E-state index contributed by atoms with van der Waals surface area (Å²) < 4.78 is 15.4. The Kier molecular flexibility index (Phi) is 6.30. The van der Waals surface area contributed by atoms with E-state index in [-0.39, 0.29) is 24.3 Å². The lowest BCUT2D eigenvalue weighted by Gasteiger charge is -2.32. The summed E-state index contributed by atoms with van der Waals surface area (Å²) in [7, 11) is 1.55. The van der Waals surface area contributed by atoms with Crippen LogP contribution in [0.3, 0.4) is 0 Å². The second kappa shape index (κ2) is 9.07. The summed E-state index contributed by atoms with van der Waals surface area (Å²) in [6, 6.07) is 8.73. The van der Waals surface area contributed by atoms with Gasteiger partial charge in [-0.2, -0.15) is 0 Å². The van der Waals surface area contributed by atoms with Gasteiger partial charge in [0.05, 0.1) is 7.11 Å². The van der Waals surface area contributed by atoms with Crippen molar-refractivity contribution in [2.24, 2.45) is 5.92 Å². The zero-order chi connectivity index (χ0) is 19.1. The number of hydrogen-bond acceptors (Lipinski definition) is 6. The maximum Gasteiger partial charge on any atom is 0.276 e. The maximum atomic E-state index is 12.3. The Morgan fingerprint density at radius 2 is 2.11 bits per heavy atom. The molecule has 1 fully saturated rings. The fraction of sp³-hybridized carbons (Fsp3) is 0.421. The lowest BCUT2D eigenvalue weighted by atomic mass is 9.97. The van der Waals surface area contributed by atoms with E-state index >= 15 is 0 Å². The summed E-state index contributed by atoms with van der Waals surface area (Å²) in [5.74, 6) is 0.960. The lowest BCUT2D eigenvalue weighted by Crippen LogP contribution is -2.44. The van der Waals surface area contributed by atoms with Gasteiger partial charge in [0.2, 0.25) is 0 Å². The van der Waals surface area contributed by atoms with Gasteiger partial charge in [-0.3, -0.25) is 9.59 Å². The first-order valence-corrected chi connectivity index (χ1v) is 8.89. The number of carbonyl (C=O) groups is 2. The van der Waals surface area contributed by atoms with Crippen LogP contribution in [-0.4, -0.2) is 55.2 Å². The molecule has 0 spiro atoms. The molecule has 27 heavy (non-hydrogen) atoms. The van der Waals surface area contributed by atoms with Crippen molar-refractivity contribution in [3.8, 4) is 11.5 Å². The SMILES string of the molecule is COc1ccccc1OCC(=O)NC[C@@H]1CCCN(C(=O)c2ccon2)C1. The molecule has 0 aliphatic carbocycles. The van der Waals surface area contributed by atoms with Crippen LogP contribution in [0, 0.1) is 5.92 Å². The highest BCUT2D eigenvalue weighted by Crippen LogP contribution is 2.25. The average Bonchev–Trinajstić information content (AvgIpc) is 3.25. The highest BCUT2D eigenvalue weighted by atomic mass is 16.5. The molecule has 1 atom stereocenters. The van der Waals surface area contributed by atoms with E-state index in [2.05, 4.69) is 10.5 Å². The molecule has 1 aromatic heterocycles. The number of likely N-dealkylation sites (tertiary alicyclic amines) is 1. The summed E-state index contributed by atoms with van der Waals surface area (Å²) in [5.41, 5.74) is 0.310. The minimum atomic E-state index is -0.208. The van der Waals surface area contributed by atoms with Gasteiger partial charge in [0.1, 0.15) is 6.26 Å². The van der Waals surface area contributed by atoms with Crippen LogP contribution in [0.25, 0.3) is 0 Å². The van der Waals surface area contributed by atoms with E-state index in [1.54, 1.807) is 30.2 Å². The van der Waals surface area contributed by atoms with Crippen molar-refractivity contribution in [2.75, 3.05) is 33.4 Å². The molecule has 0 saturated carbocycles. The van der Waals surface area contributed by atoms with Gasteiger partial charge in [-0.05, 0) is 30.9 Å². The molecule has 8 nitrogen and oxygen atoms in total. The molecule has 0 bridgehead atoms. The van der Waals surface area contributed by atoms with E-state index in [1.807, 2.05) is 12.1 Å². The fourth-order valence-electron chi connectivity index (χ4n) is 3.09. The summed E-state index contributed by atoms with van der Waals surface area (Å²) in [4.78, 5) is 26.2. The second-order valence-electron chi connectivity index (χ2n) is 6.39. The fourth-order valence-corrected chi connectivity index (χ4v) is 3.09. The number of benzene rings is 1. The number of piperidine rings is 1. The highest BCUT2D eigenvalue weighted by Gasteiger charge is 2.26. The quantitative estimate of drug-likeness (QED) is 0.794.